The third-order valence-corrected chi connectivity index (χ3v) is 6.11. The Morgan fingerprint density at radius 1 is 1.00 bits per heavy atom. The quantitative estimate of drug-likeness (QED) is 0.530. The van der Waals surface area contributed by atoms with Crippen LogP contribution in [0.15, 0.2) is 78.9 Å². The second kappa shape index (κ2) is 9.27. The van der Waals surface area contributed by atoms with E-state index in [2.05, 4.69) is 6.92 Å². The Balaban J connectivity index is 1.80. The van der Waals surface area contributed by atoms with Crippen LogP contribution in [0, 0.1) is 0 Å². The highest BCUT2D eigenvalue weighted by molar-refractivity contribution is 6.08. The SMILES string of the molecule is CCC1CC(N(C(C)=O)c2ccccc2)c2ccccc2N1C(=O)c1cccc(OC)c1. The molecule has 1 aliphatic rings. The van der Waals surface area contributed by atoms with Gasteiger partial charge in [0.15, 0.2) is 0 Å². The molecule has 3 aromatic carbocycles. The van der Waals surface area contributed by atoms with Crippen LogP contribution < -0.4 is 14.5 Å². The molecule has 0 fully saturated rings. The molecule has 2 amide bonds. The number of amides is 2. The van der Waals surface area contributed by atoms with E-state index in [1.807, 2.05) is 82.6 Å². The van der Waals surface area contributed by atoms with Gasteiger partial charge in [-0.25, -0.2) is 0 Å². The number of benzene rings is 3. The fraction of sp³-hybridized carbons (Fsp3) is 0.259. The second-order valence-electron chi connectivity index (χ2n) is 8.00. The third kappa shape index (κ3) is 3.98. The molecule has 2 atom stereocenters. The molecule has 0 saturated carbocycles. The van der Waals surface area contributed by atoms with Crippen LogP contribution >= 0.6 is 0 Å². The lowest BCUT2D eigenvalue weighted by atomic mass is 9.87. The highest BCUT2D eigenvalue weighted by Crippen LogP contribution is 2.43. The van der Waals surface area contributed by atoms with E-state index in [0.717, 1.165) is 23.4 Å². The first-order valence-corrected chi connectivity index (χ1v) is 11.0. The number of anilines is 2. The summed E-state index contributed by atoms with van der Waals surface area (Å²) >= 11 is 0. The van der Waals surface area contributed by atoms with Crippen molar-refractivity contribution in [1.82, 2.24) is 0 Å². The average Bonchev–Trinajstić information content (AvgIpc) is 2.84. The Morgan fingerprint density at radius 2 is 1.72 bits per heavy atom. The summed E-state index contributed by atoms with van der Waals surface area (Å²) in [6.07, 6.45) is 1.44. The monoisotopic (exact) mass is 428 g/mol. The van der Waals surface area contributed by atoms with E-state index in [1.54, 1.807) is 20.1 Å². The van der Waals surface area contributed by atoms with Gasteiger partial charge >= 0.3 is 0 Å². The summed E-state index contributed by atoms with van der Waals surface area (Å²) in [7, 11) is 1.60. The number of hydrogen-bond acceptors (Lipinski definition) is 3. The van der Waals surface area contributed by atoms with Crippen molar-refractivity contribution in [2.45, 2.75) is 38.8 Å². The van der Waals surface area contributed by atoms with Crippen molar-refractivity contribution in [3.8, 4) is 5.75 Å². The normalized spacial score (nSPS) is 17.4. The Kier molecular flexibility index (Phi) is 6.26. The zero-order chi connectivity index (χ0) is 22.7. The number of rotatable bonds is 5. The predicted molar refractivity (Wildman–Crippen MR) is 127 cm³/mol. The summed E-state index contributed by atoms with van der Waals surface area (Å²) in [5.41, 5.74) is 3.28. The molecule has 3 aromatic rings. The van der Waals surface area contributed by atoms with Gasteiger partial charge in [0.05, 0.1) is 13.2 Å². The van der Waals surface area contributed by atoms with E-state index < -0.39 is 0 Å². The maximum atomic E-state index is 13.7. The van der Waals surface area contributed by atoms with Gasteiger partial charge in [-0.3, -0.25) is 9.59 Å². The Bertz CT molecular complexity index is 1110. The van der Waals surface area contributed by atoms with E-state index in [9.17, 15) is 9.59 Å². The van der Waals surface area contributed by atoms with Gasteiger partial charge in [0, 0.05) is 29.9 Å². The van der Waals surface area contributed by atoms with E-state index >= 15 is 0 Å². The summed E-state index contributed by atoms with van der Waals surface area (Å²) in [4.78, 5) is 30.2. The molecule has 5 heteroatoms. The van der Waals surface area contributed by atoms with Gasteiger partial charge in [-0.15, -0.1) is 0 Å². The summed E-state index contributed by atoms with van der Waals surface area (Å²) in [6.45, 7) is 3.69. The lowest BCUT2D eigenvalue weighted by Crippen LogP contribution is -2.48. The summed E-state index contributed by atoms with van der Waals surface area (Å²) in [6, 6.07) is 24.7. The average molecular weight is 429 g/mol. The highest BCUT2D eigenvalue weighted by atomic mass is 16.5. The van der Waals surface area contributed by atoms with Crippen molar-refractivity contribution in [3.63, 3.8) is 0 Å². The molecule has 1 aliphatic heterocycles. The van der Waals surface area contributed by atoms with E-state index in [0.29, 0.717) is 17.7 Å². The zero-order valence-corrected chi connectivity index (χ0v) is 18.7. The molecular weight excluding hydrogens is 400 g/mol. The minimum Gasteiger partial charge on any atom is -0.497 e. The maximum Gasteiger partial charge on any atom is 0.258 e. The molecule has 0 N–H and O–H groups in total. The number of nitrogens with zero attached hydrogens (tertiary/aromatic N) is 2. The Morgan fingerprint density at radius 3 is 2.41 bits per heavy atom. The minimum atomic E-state index is -0.148. The highest BCUT2D eigenvalue weighted by Gasteiger charge is 2.39. The van der Waals surface area contributed by atoms with Gasteiger partial charge < -0.3 is 14.5 Å². The van der Waals surface area contributed by atoms with Crippen molar-refractivity contribution >= 4 is 23.2 Å². The van der Waals surface area contributed by atoms with E-state index in [1.165, 1.54) is 0 Å². The van der Waals surface area contributed by atoms with Gasteiger partial charge in [0.2, 0.25) is 5.91 Å². The Hall–Kier alpha value is -3.60. The van der Waals surface area contributed by atoms with Crippen molar-refractivity contribution < 1.29 is 14.3 Å². The van der Waals surface area contributed by atoms with Gasteiger partial charge in [0.1, 0.15) is 5.75 Å². The largest absolute Gasteiger partial charge is 0.497 e. The van der Waals surface area contributed by atoms with E-state index in [4.69, 9.17) is 4.74 Å². The van der Waals surface area contributed by atoms with Crippen LogP contribution in [0.4, 0.5) is 11.4 Å². The molecule has 0 bridgehead atoms. The molecule has 0 radical (unpaired) electrons. The van der Waals surface area contributed by atoms with Crippen molar-refractivity contribution in [2.24, 2.45) is 0 Å². The predicted octanol–water partition coefficient (Wildman–Crippen LogP) is 5.62. The lowest BCUT2D eigenvalue weighted by molar-refractivity contribution is -0.117. The first-order valence-electron chi connectivity index (χ1n) is 11.0. The van der Waals surface area contributed by atoms with Gasteiger partial charge in [0.25, 0.3) is 5.91 Å². The van der Waals surface area contributed by atoms with E-state index in [-0.39, 0.29) is 23.9 Å². The molecule has 1 heterocycles. The van der Waals surface area contributed by atoms with Crippen molar-refractivity contribution in [3.05, 3.63) is 90.0 Å². The molecule has 32 heavy (non-hydrogen) atoms. The van der Waals surface area contributed by atoms with Crippen LogP contribution in [0.25, 0.3) is 0 Å². The molecule has 0 aromatic heterocycles. The maximum absolute atomic E-state index is 13.7. The van der Waals surface area contributed by atoms with Gasteiger partial charge in [-0.2, -0.15) is 0 Å². The topological polar surface area (TPSA) is 49.9 Å². The first kappa shape index (κ1) is 21.6. The van der Waals surface area contributed by atoms with Crippen LogP contribution in [0.3, 0.4) is 0 Å². The molecule has 5 nitrogen and oxygen atoms in total. The number of fused-ring (bicyclic) bond motifs is 1. The first-order chi connectivity index (χ1) is 15.5. The van der Waals surface area contributed by atoms with Crippen LogP contribution in [-0.2, 0) is 4.79 Å². The fourth-order valence-corrected chi connectivity index (χ4v) is 4.61. The molecule has 0 saturated heterocycles. The number of ether oxygens (including phenoxy) is 1. The number of carbonyl (C=O) groups excluding carboxylic acids is 2. The second-order valence-corrected chi connectivity index (χ2v) is 8.00. The summed E-state index contributed by atoms with van der Waals surface area (Å²) in [5, 5.41) is 0. The number of carbonyl (C=O) groups is 2. The third-order valence-electron chi connectivity index (χ3n) is 6.11. The fourth-order valence-electron chi connectivity index (χ4n) is 4.61. The minimum absolute atomic E-state index is 0.0153. The zero-order valence-electron chi connectivity index (χ0n) is 18.7. The molecule has 0 aliphatic carbocycles. The smallest absolute Gasteiger partial charge is 0.258 e. The molecule has 2 unspecified atom stereocenters. The van der Waals surface area contributed by atoms with Crippen LogP contribution in [-0.4, -0.2) is 25.0 Å². The molecule has 4 rings (SSSR count). The summed E-state index contributed by atoms with van der Waals surface area (Å²) < 4.78 is 5.32. The Labute approximate surface area is 189 Å². The lowest BCUT2D eigenvalue weighted by Gasteiger charge is -2.44. The van der Waals surface area contributed by atoms with Crippen molar-refractivity contribution in [1.29, 1.82) is 0 Å². The molecule has 164 valence electrons. The standard InChI is InChI=1S/C27H28N2O3/c1-4-21-18-26(28(19(2)30)22-12-6-5-7-13-22)24-15-8-9-16-25(24)29(21)27(31)20-11-10-14-23(17-20)32-3/h5-17,21,26H,4,18H2,1-3H3. The van der Waals surface area contributed by atoms with Crippen molar-refractivity contribution in [2.75, 3.05) is 16.9 Å². The molecular formula is C27H28N2O3. The van der Waals surface area contributed by atoms with Crippen LogP contribution in [0.5, 0.6) is 5.75 Å². The summed E-state index contributed by atoms with van der Waals surface area (Å²) in [5.74, 6) is 0.577. The van der Waals surface area contributed by atoms with Crippen LogP contribution in [0.2, 0.25) is 0 Å². The molecule has 0 spiro atoms. The number of para-hydroxylation sites is 2. The van der Waals surface area contributed by atoms with Gasteiger partial charge in [-0.05, 0) is 54.8 Å². The van der Waals surface area contributed by atoms with Gasteiger partial charge in [-0.1, -0.05) is 49.4 Å². The number of hydrogen-bond donors (Lipinski definition) is 0. The van der Waals surface area contributed by atoms with Crippen LogP contribution in [0.1, 0.15) is 48.7 Å². The number of methoxy groups -OCH3 is 1.